The lowest BCUT2D eigenvalue weighted by atomic mass is 10.1. The fourth-order valence-corrected chi connectivity index (χ4v) is 3.48. The van der Waals surface area contributed by atoms with Gasteiger partial charge in [0.15, 0.2) is 5.58 Å². The van der Waals surface area contributed by atoms with Gasteiger partial charge in [-0.2, -0.15) is 0 Å². The molecule has 1 amide bonds. The number of hydrogen-bond donors (Lipinski definition) is 1. The van der Waals surface area contributed by atoms with Crippen molar-refractivity contribution in [3.05, 3.63) is 109 Å². The maximum Gasteiger partial charge on any atom is 0.321 e. The third kappa shape index (κ3) is 4.91. The number of oxazole rings is 1. The molecule has 0 aliphatic carbocycles. The molecule has 0 aliphatic heterocycles. The average Bonchev–Trinajstić information content (AvgIpc) is 3.28. The number of para-hydroxylation sites is 2. The van der Waals surface area contributed by atoms with Gasteiger partial charge in [0.05, 0.1) is 0 Å². The summed E-state index contributed by atoms with van der Waals surface area (Å²) in [6, 6.07) is 31.4. The molecule has 0 bridgehead atoms. The van der Waals surface area contributed by atoms with Crippen molar-refractivity contribution < 1.29 is 18.7 Å². The van der Waals surface area contributed by atoms with E-state index in [0.29, 0.717) is 34.2 Å². The SMILES string of the molecule is Cc1cccc(-c2nc3cc(NC(=O)C(Oc4ccccc4)Oc4ccccc4)ccc3o2)c1. The van der Waals surface area contributed by atoms with Crippen LogP contribution in [0.4, 0.5) is 5.69 Å². The number of aromatic nitrogens is 1. The van der Waals surface area contributed by atoms with Crippen LogP contribution in [0.2, 0.25) is 0 Å². The summed E-state index contributed by atoms with van der Waals surface area (Å²) in [5, 5.41) is 2.86. The topological polar surface area (TPSA) is 73.6 Å². The van der Waals surface area contributed by atoms with Gasteiger partial charge in [0.25, 0.3) is 0 Å². The Morgan fingerprint density at radius 3 is 2.15 bits per heavy atom. The van der Waals surface area contributed by atoms with Crippen molar-refractivity contribution in [3.63, 3.8) is 0 Å². The predicted molar refractivity (Wildman–Crippen MR) is 131 cm³/mol. The molecule has 0 unspecified atom stereocenters. The van der Waals surface area contributed by atoms with Crippen LogP contribution in [-0.2, 0) is 4.79 Å². The Labute approximate surface area is 196 Å². The molecule has 6 nitrogen and oxygen atoms in total. The predicted octanol–water partition coefficient (Wildman–Crippen LogP) is 6.23. The molecule has 1 heterocycles. The molecule has 0 aliphatic rings. The second-order valence-electron chi connectivity index (χ2n) is 7.75. The summed E-state index contributed by atoms with van der Waals surface area (Å²) >= 11 is 0. The molecular formula is C28H22N2O4. The van der Waals surface area contributed by atoms with Crippen LogP contribution in [0.5, 0.6) is 11.5 Å². The average molecular weight is 450 g/mol. The van der Waals surface area contributed by atoms with E-state index in [2.05, 4.69) is 10.3 Å². The first-order valence-electron chi connectivity index (χ1n) is 10.9. The minimum Gasteiger partial charge on any atom is -0.446 e. The molecule has 5 aromatic rings. The van der Waals surface area contributed by atoms with Crippen molar-refractivity contribution in [2.24, 2.45) is 0 Å². The van der Waals surface area contributed by atoms with Crippen LogP contribution in [-0.4, -0.2) is 17.2 Å². The quantitative estimate of drug-likeness (QED) is 0.298. The fraction of sp³-hybridized carbons (Fsp3) is 0.0714. The van der Waals surface area contributed by atoms with Gasteiger partial charge in [-0.15, -0.1) is 0 Å². The number of hydrogen-bond acceptors (Lipinski definition) is 5. The number of carbonyl (C=O) groups is 1. The van der Waals surface area contributed by atoms with E-state index in [1.54, 1.807) is 42.5 Å². The minimum atomic E-state index is -1.19. The molecule has 0 atom stereocenters. The molecule has 0 fully saturated rings. The van der Waals surface area contributed by atoms with Crippen molar-refractivity contribution in [2.75, 3.05) is 5.32 Å². The van der Waals surface area contributed by atoms with Crippen LogP contribution in [0.1, 0.15) is 5.56 Å². The molecular weight excluding hydrogens is 428 g/mol. The smallest absolute Gasteiger partial charge is 0.321 e. The maximum atomic E-state index is 13.1. The number of aryl methyl sites for hydroxylation is 1. The molecule has 0 saturated heterocycles. The van der Waals surface area contributed by atoms with Crippen molar-refractivity contribution >= 4 is 22.7 Å². The standard InChI is InChI=1S/C28H22N2O4/c1-19-9-8-10-20(17-19)27-30-24-18-21(15-16-25(24)34-27)29-26(31)28(32-22-11-4-2-5-12-22)33-23-13-6-3-7-14-23/h2-18,28H,1H3,(H,29,31). The van der Waals surface area contributed by atoms with E-state index < -0.39 is 12.2 Å². The Balaban J connectivity index is 1.37. The number of nitrogens with zero attached hydrogens (tertiary/aromatic N) is 1. The molecule has 168 valence electrons. The van der Waals surface area contributed by atoms with Gasteiger partial charge < -0.3 is 19.2 Å². The van der Waals surface area contributed by atoms with Crippen LogP contribution in [0.15, 0.2) is 108 Å². The zero-order valence-electron chi connectivity index (χ0n) is 18.5. The normalized spacial score (nSPS) is 10.9. The third-order valence-electron chi connectivity index (χ3n) is 5.11. The highest BCUT2D eigenvalue weighted by Gasteiger charge is 2.23. The van der Waals surface area contributed by atoms with Crippen LogP contribution in [0.25, 0.3) is 22.6 Å². The van der Waals surface area contributed by atoms with E-state index in [0.717, 1.165) is 11.1 Å². The molecule has 0 saturated carbocycles. The molecule has 5 rings (SSSR count). The van der Waals surface area contributed by atoms with E-state index in [1.807, 2.05) is 67.6 Å². The number of rotatable bonds is 7. The summed E-state index contributed by atoms with van der Waals surface area (Å²) in [5.74, 6) is 1.12. The summed E-state index contributed by atoms with van der Waals surface area (Å²) in [5.41, 5.74) is 3.84. The lowest BCUT2D eigenvalue weighted by molar-refractivity contribution is -0.134. The van der Waals surface area contributed by atoms with Crippen LogP contribution in [0.3, 0.4) is 0 Å². The third-order valence-corrected chi connectivity index (χ3v) is 5.11. The number of benzene rings is 4. The van der Waals surface area contributed by atoms with Gasteiger partial charge in [0, 0.05) is 11.3 Å². The van der Waals surface area contributed by atoms with Gasteiger partial charge in [-0.05, 0) is 61.5 Å². The summed E-state index contributed by atoms with van der Waals surface area (Å²) < 4.78 is 17.6. The number of fused-ring (bicyclic) bond motifs is 1. The number of ether oxygens (including phenoxy) is 2. The Kier molecular flexibility index (Phi) is 5.95. The number of amides is 1. The van der Waals surface area contributed by atoms with E-state index in [1.165, 1.54) is 0 Å². The highest BCUT2D eigenvalue weighted by atomic mass is 16.7. The molecule has 1 aromatic heterocycles. The van der Waals surface area contributed by atoms with Gasteiger partial charge in [0.2, 0.25) is 5.89 Å². The molecule has 4 aromatic carbocycles. The molecule has 0 spiro atoms. The van der Waals surface area contributed by atoms with Crippen LogP contribution >= 0.6 is 0 Å². The Morgan fingerprint density at radius 1 is 0.824 bits per heavy atom. The first-order valence-corrected chi connectivity index (χ1v) is 10.9. The lowest BCUT2D eigenvalue weighted by Crippen LogP contribution is -2.38. The summed E-state index contributed by atoms with van der Waals surface area (Å²) in [6.07, 6.45) is -1.19. The van der Waals surface area contributed by atoms with E-state index >= 15 is 0 Å². The molecule has 6 heteroatoms. The largest absolute Gasteiger partial charge is 0.446 e. The number of carbonyl (C=O) groups excluding carboxylic acids is 1. The summed E-state index contributed by atoms with van der Waals surface area (Å²) in [4.78, 5) is 17.7. The van der Waals surface area contributed by atoms with Crippen molar-refractivity contribution in [3.8, 4) is 23.0 Å². The second-order valence-corrected chi connectivity index (χ2v) is 7.75. The van der Waals surface area contributed by atoms with E-state index in [-0.39, 0.29) is 0 Å². The molecule has 34 heavy (non-hydrogen) atoms. The molecule has 1 N–H and O–H groups in total. The van der Waals surface area contributed by atoms with E-state index in [4.69, 9.17) is 13.9 Å². The molecule has 0 radical (unpaired) electrons. The fourth-order valence-electron chi connectivity index (χ4n) is 3.48. The van der Waals surface area contributed by atoms with Crippen molar-refractivity contribution in [2.45, 2.75) is 13.2 Å². The van der Waals surface area contributed by atoms with Gasteiger partial charge in [-0.3, -0.25) is 4.79 Å². The number of nitrogens with one attached hydrogen (secondary N) is 1. The highest BCUT2D eigenvalue weighted by Crippen LogP contribution is 2.27. The first kappa shape index (κ1) is 21.3. The van der Waals surface area contributed by atoms with Gasteiger partial charge >= 0.3 is 12.2 Å². The van der Waals surface area contributed by atoms with Gasteiger partial charge in [0.1, 0.15) is 17.0 Å². The van der Waals surface area contributed by atoms with Gasteiger partial charge in [-0.1, -0.05) is 54.1 Å². The highest BCUT2D eigenvalue weighted by molar-refractivity contribution is 5.95. The second kappa shape index (κ2) is 9.50. The Hall–Kier alpha value is -4.58. The van der Waals surface area contributed by atoms with Gasteiger partial charge in [-0.25, -0.2) is 4.98 Å². The zero-order valence-corrected chi connectivity index (χ0v) is 18.5. The number of anilines is 1. The van der Waals surface area contributed by atoms with Crippen LogP contribution < -0.4 is 14.8 Å². The monoisotopic (exact) mass is 450 g/mol. The van der Waals surface area contributed by atoms with Crippen molar-refractivity contribution in [1.82, 2.24) is 4.98 Å². The lowest BCUT2D eigenvalue weighted by Gasteiger charge is -2.20. The first-order chi connectivity index (χ1) is 16.6. The maximum absolute atomic E-state index is 13.1. The van der Waals surface area contributed by atoms with E-state index in [9.17, 15) is 4.79 Å². The zero-order chi connectivity index (χ0) is 23.3. The Bertz CT molecular complexity index is 1370. The Morgan fingerprint density at radius 2 is 1.50 bits per heavy atom. The minimum absolute atomic E-state index is 0.450. The summed E-state index contributed by atoms with van der Waals surface area (Å²) in [6.45, 7) is 2.02. The van der Waals surface area contributed by atoms with Crippen molar-refractivity contribution in [1.29, 1.82) is 0 Å². The summed E-state index contributed by atoms with van der Waals surface area (Å²) in [7, 11) is 0. The van der Waals surface area contributed by atoms with Crippen LogP contribution in [0, 0.1) is 6.92 Å².